The molecule has 0 aromatic heterocycles. The summed E-state index contributed by atoms with van der Waals surface area (Å²) in [6.07, 6.45) is 7.19. The van der Waals surface area contributed by atoms with E-state index in [2.05, 4.69) is 19.2 Å². The van der Waals surface area contributed by atoms with Gasteiger partial charge in [0.05, 0.1) is 0 Å². The van der Waals surface area contributed by atoms with Crippen molar-refractivity contribution in [2.24, 2.45) is 5.92 Å². The van der Waals surface area contributed by atoms with E-state index in [4.69, 9.17) is 0 Å². The molecule has 2 amide bonds. The first kappa shape index (κ1) is 15.3. The fraction of sp³-hybridized carbons (Fsp3) is 0.875. The molecule has 2 unspecified atom stereocenters. The molecule has 1 heterocycles. The average molecular weight is 280 g/mol. The maximum Gasteiger partial charge on any atom is 0.246 e. The number of carbonyl (C=O) groups excluding carboxylic acids is 2. The van der Waals surface area contributed by atoms with Gasteiger partial charge in [0.25, 0.3) is 0 Å². The zero-order valence-electron chi connectivity index (χ0n) is 13.0. The number of nitrogens with one attached hydrogen (secondary N) is 1. The van der Waals surface area contributed by atoms with Gasteiger partial charge in [0, 0.05) is 6.04 Å². The van der Waals surface area contributed by atoms with Crippen molar-refractivity contribution in [3.8, 4) is 0 Å². The fourth-order valence-corrected chi connectivity index (χ4v) is 3.60. The van der Waals surface area contributed by atoms with Crippen LogP contribution in [0.15, 0.2) is 0 Å². The summed E-state index contributed by atoms with van der Waals surface area (Å²) in [7, 11) is 0. The molecule has 1 saturated carbocycles. The van der Waals surface area contributed by atoms with Crippen molar-refractivity contribution >= 4 is 11.8 Å². The molecule has 0 radical (unpaired) electrons. The maximum atomic E-state index is 12.8. The van der Waals surface area contributed by atoms with Gasteiger partial charge in [-0.15, -0.1) is 0 Å². The van der Waals surface area contributed by atoms with Crippen LogP contribution < -0.4 is 5.32 Å². The molecule has 114 valence electrons. The first-order valence-electron chi connectivity index (χ1n) is 8.17. The second-order valence-corrected chi connectivity index (χ2v) is 6.65. The number of hydrogen-bond donors (Lipinski definition) is 1. The van der Waals surface area contributed by atoms with E-state index in [0.717, 1.165) is 19.3 Å². The Morgan fingerprint density at radius 2 is 1.85 bits per heavy atom. The topological polar surface area (TPSA) is 49.4 Å². The molecule has 4 nitrogen and oxygen atoms in total. The second kappa shape index (κ2) is 6.59. The number of hydrogen-bond acceptors (Lipinski definition) is 2. The highest BCUT2D eigenvalue weighted by Gasteiger charge is 2.42. The first-order chi connectivity index (χ1) is 9.54. The zero-order chi connectivity index (χ0) is 14.7. The zero-order valence-corrected chi connectivity index (χ0v) is 13.0. The molecular weight excluding hydrogens is 252 g/mol. The minimum absolute atomic E-state index is 0.0447. The van der Waals surface area contributed by atoms with Gasteiger partial charge in [0.1, 0.15) is 12.1 Å². The predicted octanol–water partition coefficient (Wildman–Crippen LogP) is 2.47. The number of amides is 2. The standard InChI is InChI=1S/C16H28N2O2/c1-4-14-15(19)17-13(10-11(2)3)16(20)18(14)12-8-6-5-7-9-12/h11-14H,4-10H2,1-3H3,(H,17,19). The van der Waals surface area contributed by atoms with Crippen molar-refractivity contribution in [1.82, 2.24) is 10.2 Å². The minimum atomic E-state index is -0.313. The average Bonchev–Trinajstić information content (AvgIpc) is 2.42. The van der Waals surface area contributed by atoms with Gasteiger partial charge in [0.15, 0.2) is 0 Å². The van der Waals surface area contributed by atoms with Gasteiger partial charge in [-0.2, -0.15) is 0 Å². The summed E-state index contributed by atoms with van der Waals surface area (Å²) in [5.74, 6) is 0.607. The third kappa shape index (κ3) is 3.15. The summed E-state index contributed by atoms with van der Waals surface area (Å²) in [6, 6.07) is -0.289. The van der Waals surface area contributed by atoms with E-state index >= 15 is 0 Å². The summed E-state index contributed by atoms with van der Waals surface area (Å²) in [4.78, 5) is 27.0. The molecule has 2 fully saturated rings. The van der Waals surface area contributed by atoms with Gasteiger partial charge in [-0.25, -0.2) is 0 Å². The highest BCUT2D eigenvalue weighted by atomic mass is 16.2. The lowest BCUT2D eigenvalue weighted by Gasteiger charge is -2.44. The smallest absolute Gasteiger partial charge is 0.246 e. The molecule has 0 spiro atoms. The Bertz CT molecular complexity index is 361. The van der Waals surface area contributed by atoms with Crippen LogP contribution in [0.2, 0.25) is 0 Å². The first-order valence-corrected chi connectivity index (χ1v) is 8.17. The van der Waals surface area contributed by atoms with E-state index in [9.17, 15) is 9.59 Å². The number of nitrogens with zero attached hydrogens (tertiary/aromatic N) is 1. The Morgan fingerprint density at radius 1 is 1.20 bits per heavy atom. The third-order valence-electron chi connectivity index (χ3n) is 4.57. The Morgan fingerprint density at radius 3 is 2.40 bits per heavy atom. The van der Waals surface area contributed by atoms with Crippen molar-refractivity contribution < 1.29 is 9.59 Å². The maximum absolute atomic E-state index is 12.8. The SMILES string of the molecule is CCC1C(=O)NC(CC(C)C)C(=O)N1C1CCCCC1. The van der Waals surface area contributed by atoms with E-state index in [1.807, 2.05) is 11.8 Å². The Labute approximate surface area is 122 Å². The van der Waals surface area contributed by atoms with Crippen LogP contribution in [0.4, 0.5) is 0 Å². The molecule has 1 saturated heterocycles. The molecule has 1 N–H and O–H groups in total. The lowest BCUT2D eigenvalue weighted by molar-refractivity contribution is -0.153. The van der Waals surface area contributed by atoms with Gasteiger partial charge in [-0.1, -0.05) is 40.0 Å². The number of rotatable bonds is 4. The molecule has 2 atom stereocenters. The van der Waals surface area contributed by atoms with Gasteiger partial charge >= 0.3 is 0 Å². The molecule has 2 rings (SSSR count). The second-order valence-electron chi connectivity index (χ2n) is 6.65. The van der Waals surface area contributed by atoms with Crippen LogP contribution in [-0.4, -0.2) is 34.8 Å². The van der Waals surface area contributed by atoms with Crippen LogP contribution in [0, 0.1) is 5.92 Å². The van der Waals surface area contributed by atoms with Gasteiger partial charge < -0.3 is 10.2 Å². The van der Waals surface area contributed by atoms with Gasteiger partial charge in [-0.3, -0.25) is 9.59 Å². The molecule has 4 heteroatoms. The normalized spacial score (nSPS) is 28.9. The Kier molecular flexibility index (Phi) is 5.06. The third-order valence-corrected chi connectivity index (χ3v) is 4.57. The molecule has 0 bridgehead atoms. The van der Waals surface area contributed by atoms with E-state index in [1.165, 1.54) is 19.3 Å². The summed E-state index contributed by atoms with van der Waals surface area (Å²) in [5, 5.41) is 2.94. The molecule has 1 aliphatic heterocycles. The van der Waals surface area contributed by atoms with E-state index < -0.39 is 0 Å². The molecule has 0 aromatic carbocycles. The van der Waals surface area contributed by atoms with Crippen molar-refractivity contribution in [1.29, 1.82) is 0 Å². The summed E-state index contributed by atoms with van der Waals surface area (Å²) in [5.41, 5.74) is 0. The van der Waals surface area contributed by atoms with Crippen LogP contribution in [0.1, 0.15) is 65.7 Å². The van der Waals surface area contributed by atoms with Crippen molar-refractivity contribution in [2.75, 3.05) is 0 Å². The van der Waals surface area contributed by atoms with Gasteiger partial charge in [-0.05, 0) is 31.6 Å². The van der Waals surface area contributed by atoms with Crippen molar-refractivity contribution in [3.05, 3.63) is 0 Å². The molecule has 2 aliphatic rings. The summed E-state index contributed by atoms with van der Waals surface area (Å²) >= 11 is 0. The van der Waals surface area contributed by atoms with Crippen molar-refractivity contribution in [2.45, 2.75) is 83.8 Å². The van der Waals surface area contributed by atoms with Crippen LogP contribution in [0.3, 0.4) is 0 Å². The minimum Gasteiger partial charge on any atom is -0.342 e. The molecule has 1 aliphatic carbocycles. The molecule has 20 heavy (non-hydrogen) atoms. The molecular formula is C16H28N2O2. The highest BCUT2D eigenvalue weighted by Crippen LogP contribution is 2.28. The predicted molar refractivity (Wildman–Crippen MR) is 79.2 cm³/mol. The fourth-order valence-electron chi connectivity index (χ4n) is 3.60. The summed E-state index contributed by atoms with van der Waals surface area (Å²) in [6.45, 7) is 6.18. The summed E-state index contributed by atoms with van der Waals surface area (Å²) < 4.78 is 0. The van der Waals surface area contributed by atoms with E-state index in [0.29, 0.717) is 12.3 Å². The Hall–Kier alpha value is -1.06. The molecule has 0 aromatic rings. The van der Waals surface area contributed by atoms with E-state index in [-0.39, 0.29) is 29.9 Å². The van der Waals surface area contributed by atoms with Crippen LogP contribution >= 0.6 is 0 Å². The highest BCUT2D eigenvalue weighted by molar-refractivity contribution is 5.97. The quantitative estimate of drug-likeness (QED) is 0.860. The van der Waals surface area contributed by atoms with Crippen LogP contribution in [-0.2, 0) is 9.59 Å². The van der Waals surface area contributed by atoms with Crippen molar-refractivity contribution in [3.63, 3.8) is 0 Å². The lowest BCUT2D eigenvalue weighted by atomic mass is 9.89. The number of piperazine rings is 1. The van der Waals surface area contributed by atoms with Gasteiger partial charge in [0.2, 0.25) is 11.8 Å². The lowest BCUT2D eigenvalue weighted by Crippen LogP contribution is -2.65. The largest absolute Gasteiger partial charge is 0.342 e. The monoisotopic (exact) mass is 280 g/mol. The van der Waals surface area contributed by atoms with E-state index in [1.54, 1.807) is 0 Å². The van der Waals surface area contributed by atoms with Crippen LogP contribution in [0.25, 0.3) is 0 Å². The van der Waals surface area contributed by atoms with Crippen LogP contribution in [0.5, 0.6) is 0 Å². The number of carbonyl (C=O) groups is 2. The Balaban J connectivity index is 2.17.